The van der Waals surface area contributed by atoms with Crippen LogP contribution >= 0.6 is 0 Å². The van der Waals surface area contributed by atoms with Crippen LogP contribution in [-0.2, 0) is 21.4 Å². The number of ether oxygens (including phenoxy) is 1. The van der Waals surface area contributed by atoms with Gasteiger partial charge >= 0.3 is 0 Å². The number of hydrogen-bond acceptors (Lipinski definition) is 4. The van der Waals surface area contributed by atoms with Crippen molar-refractivity contribution in [3.05, 3.63) is 29.8 Å². The van der Waals surface area contributed by atoms with Gasteiger partial charge in [0.25, 0.3) is 0 Å². The Balaban J connectivity index is 2.33. The van der Waals surface area contributed by atoms with Gasteiger partial charge in [0.15, 0.2) is 0 Å². The third-order valence-corrected chi connectivity index (χ3v) is 4.28. The lowest BCUT2D eigenvalue weighted by atomic mass is 10.2. The van der Waals surface area contributed by atoms with E-state index in [1.807, 2.05) is 19.1 Å². The van der Waals surface area contributed by atoms with Gasteiger partial charge in [-0.25, -0.2) is 13.1 Å². The Morgan fingerprint density at radius 2 is 1.90 bits per heavy atom. The zero-order valence-electron chi connectivity index (χ0n) is 12.4. The fraction of sp³-hybridized carbons (Fsp3) is 0.500. The van der Waals surface area contributed by atoms with Crippen molar-refractivity contribution in [2.45, 2.75) is 26.3 Å². The molecule has 1 aromatic carbocycles. The summed E-state index contributed by atoms with van der Waals surface area (Å²) in [4.78, 5) is 11.6. The number of unbranched alkanes of at least 4 members (excludes halogenated alkanes) is 1. The first-order valence-electron chi connectivity index (χ1n) is 6.84. The Morgan fingerprint density at radius 1 is 1.24 bits per heavy atom. The third-order valence-electron chi connectivity index (χ3n) is 2.87. The maximum Gasteiger partial charge on any atom is 0.235 e. The summed E-state index contributed by atoms with van der Waals surface area (Å²) in [7, 11) is -1.77. The van der Waals surface area contributed by atoms with Crippen molar-refractivity contribution in [2.75, 3.05) is 19.4 Å². The van der Waals surface area contributed by atoms with Crippen molar-refractivity contribution in [3.63, 3.8) is 0 Å². The number of sulfonamides is 1. The monoisotopic (exact) mass is 314 g/mol. The van der Waals surface area contributed by atoms with E-state index in [4.69, 9.17) is 4.74 Å². The van der Waals surface area contributed by atoms with Gasteiger partial charge in [-0.05, 0) is 24.1 Å². The maximum absolute atomic E-state index is 11.6. The van der Waals surface area contributed by atoms with E-state index < -0.39 is 10.0 Å². The Bertz CT molecular complexity index is 541. The van der Waals surface area contributed by atoms with Crippen LogP contribution in [-0.4, -0.2) is 33.7 Å². The highest BCUT2D eigenvalue weighted by molar-refractivity contribution is 7.89. The number of carbonyl (C=O) groups is 1. The van der Waals surface area contributed by atoms with Crippen molar-refractivity contribution >= 4 is 15.9 Å². The van der Waals surface area contributed by atoms with Crippen LogP contribution in [0.1, 0.15) is 25.3 Å². The highest BCUT2D eigenvalue weighted by atomic mass is 32.2. The minimum Gasteiger partial charge on any atom is -0.497 e. The topological polar surface area (TPSA) is 84.5 Å². The molecule has 7 heteroatoms. The largest absolute Gasteiger partial charge is 0.497 e. The van der Waals surface area contributed by atoms with Gasteiger partial charge in [-0.3, -0.25) is 4.79 Å². The molecule has 0 aliphatic rings. The molecule has 6 nitrogen and oxygen atoms in total. The molecular formula is C14H22N2O4S. The quantitative estimate of drug-likeness (QED) is 0.713. The Morgan fingerprint density at radius 3 is 2.48 bits per heavy atom. The van der Waals surface area contributed by atoms with Crippen LogP contribution in [0.15, 0.2) is 24.3 Å². The van der Waals surface area contributed by atoms with Gasteiger partial charge in [0, 0.05) is 6.54 Å². The van der Waals surface area contributed by atoms with E-state index in [0.29, 0.717) is 13.0 Å². The van der Waals surface area contributed by atoms with Gasteiger partial charge in [-0.15, -0.1) is 0 Å². The van der Waals surface area contributed by atoms with Gasteiger partial charge in [0.2, 0.25) is 15.9 Å². The summed E-state index contributed by atoms with van der Waals surface area (Å²) in [5, 5.41) is 2.66. The van der Waals surface area contributed by atoms with Crippen molar-refractivity contribution in [1.29, 1.82) is 0 Å². The first kappa shape index (κ1) is 17.5. The molecule has 0 aromatic heterocycles. The number of nitrogens with one attached hydrogen (secondary N) is 2. The molecule has 118 valence electrons. The fourth-order valence-corrected chi connectivity index (χ4v) is 2.75. The lowest BCUT2D eigenvalue weighted by Gasteiger charge is -2.08. The van der Waals surface area contributed by atoms with Crippen molar-refractivity contribution < 1.29 is 17.9 Å². The first-order chi connectivity index (χ1) is 9.96. The van der Waals surface area contributed by atoms with Crippen molar-refractivity contribution in [3.8, 4) is 5.75 Å². The standard InChI is InChI=1S/C14H22N2O4S/c1-3-4-9-21(18,19)16-11-14(17)15-10-12-5-7-13(20-2)8-6-12/h5-8,16H,3-4,9-11H2,1-2H3,(H,15,17). The van der Waals surface area contributed by atoms with Crippen LogP contribution in [0.5, 0.6) is 5.75 Å². The Kier molecular flexibility index (Phi) is 7.18. The zero-order valence-corrected chi connectivity index (χ0v) is 13.2. The Hall–Kier alpha value is -1.60. The van der Waals surface area contributed by atoms with E-state index in [1.165, 1.54) is 0 Å². The molecule has 21 heavy (non-hydrogen) atoms. The molecule has 2 N–H and O–H groups in total. The van der Waals surface area contributed by atoms with Crippen LogP contribution in [0, 0.1) is 0 Å². The minimum absolute atomic E-state index is 0.0509. The summed E-state index contributed by atoms with van der Waals surface area (Å²) in [5.74, 6) is 0.439. The zero-order chi connectivity index (χ0) is 15.7. The number of methoxy groups -OCH3 is 1. The molecular weight excluding hydrogens is 292 g/mol. The number of amides is 1. The second-order valence-corrected chi connectivity index (χ2v) is 6.54. The molecule has 0 atom stereocenters. The Labute approximate surface area is 125 Å². The van der Waals surface area contributed by atoms with Crippen LogP contribution < -0.4 is 14.8 Å². The summed E-state index contributed by atoms with van der Waals surface area (Å²) in [6.45, 7) is 2.03. The second-order valence-electron chi connectivity index (χ2n) is 4.62. The lowest BCUT2D eigenvalue weighted by Crippen LogP contribution is -2.37. The van der Waals surface area contributed by atoms with E-state index in [0.717, 1.165) is 17.7 Å². The number of hydrogen-bond donors (Lipinski definition) is 2. The predicted octanol–water partition coefficient (Wildman–Crippen LogP) is 1.03. The lowest BCUT2D eigenvalue weighted by molar-refractivity contribution is -0.120. The molecule has 0 unspecified atom stereocenters. The number of rotatable bonds is 9. The maximum atomic E-state index is 11.6. The van der Waals surface area contributed by atoms with E-state index in [2.05, 4.69) is 10.0 Å². The summed E-state index contributed by atoms with van der Waals surface area (Å²) in [6.07, 6.45) is 1.38. The molecule has 0 heterocycles. The molecule has 0 radical (unpaired) electrons. The molecule has 1 rings (SSSR count). The number of carbonyl (C=O) groups excluding carboxylic acids is 1. The van der Waals surface area contributed by atoms with Crippen molar-refractivity contribution in [2.24, 2.45) is 0 Å². The van der Waals surface area contributed by atoms with Gasteiger partial charge in [0.1, 0.15) is 5.75 Å². The second kappa shape index (κ2) is 8.63. The first-order valence-corrected chi connectivity index (χ1v) is 8.49. The molecule has 0 aliphatic carbocycles. The minimum atomic E-state index is -3.36. The fourth-order valence-electron chi connectivity index (χ4n) is 1.59. The van der Waals surface area contributed by atoms with Crippen LogP contribution in [0.25, 0.3) is 0 Å². The van der Waals surface area contributed by atoms with E-state index in [9.17, 15) is 13.2 Å². The summed E-state index contributed by atoms with van der Waals surface area (Å²) in [5.41, 5.74) is 0.915. The van der Waals surface area contributed by atoms with Gasteiger partial charge in [-0.2, -0.15) is 0 Å². The van der Waals surface area contributed by atoms with Gasteiger partial charge in [-0.1, -0.05) is 25.5 Å². The average molecular weight is 314 g/mol. The molecule has 1 aromatic rings. The molecule has 0 aliphatic heterocycles. The highest BCUT2D eigenvalue weighted by Crippen LogP contribution is 2.10. The van der Waals surface area contributed by atoms with E-state index in [1.54, 1.807) is 19.2 Å². The SMILES string of the molecule is CCCCS(=O)(=O)NCC(=O)NCc1ccc(OC)cc1. The summed E-state index contributed by atoms with van der Waals surface area (Å²) < 4.78 is 30.4. The number of benzene rings is 1. The predicted molar refractivity (Wildman–Crippen MR) is 81.5 cm³/mol. The highest BCUT2D eigenvalue weighted by Gasteiger charge is 2.11. The van der Waals surface area contributed by atoms with E-state index >= 15 is 0 Å². The molecule has 0 saturated carbocycles. The van der Waals surface area contributed by atoms with Gasteiger partial charge < -0.3 is 10.1 Å². The van der Waals surface area contributed by atoms with E-state index in [-0.39, 0.29) is 18.2 Å². The van der Waals surface area contributed by atoms with Gasteiger partial charge in [0.05, 0.1) is 19.4 Å². The summed E-state index contributed by atoms with van der Waals surface area (Å²) >= 11 is 0. The third kappa shape index (κ3) is 7.10. The van der Waals surface area contributed by atoms with Crippen LogP contribution in [0.4, 0.5) is 0 Å². The smallest absolute Gasteiger partial charge is 0.235 e. The molecule has 0 fully saturated rings. The van der Waals surface area contributed by atoms with Crippen LogP contribution in [0.3, 0.4) is 0 Å². The molecule has 0 saturated heterocycles. The molecule has 0 bridgehead atoms. The molecule has 0 spiro atoms. The van der Waals surface area contributed by atoms with Crippen LogP contribution in [0.2, 0.25) is 0 Å². The average Bonchev–Trinajstić information content (AvgIpc) is 2.49. The van der Waals surface area contributed by atoms with Crippen molar-refractivity contribution in [1.82, 2.24) is 10.0 Å². The molecule has 1 amide bonds. The normalized spacial score (nSPS) is 11.1. The summed E-state index contributed by atoms with van der Waals surface area (Å²) in [6, 6.07) is 7.28.